The van der Waals surface area contributed by atoms with Crippen molar-refractivity contribution in [3.8, 4) is 0 Å². The molecule has 0 aliphatic carbocycles. The first-order valence-corrected chi connectivity index (χ1v) is 3.79. The second kappa shape index (κ2) is 2.72. The van der Waals surface area contributed by atoms with E-state index in [2.05, 4.69) is 15.9 Å². The van der Waals surface area contributed by atoms with E-state index in [0.717, 1.165) is 9.50 Å². The predicted octanol–water partition coefficient (Wildman–Crippen LogP) is 4.64. The van der Waals surface area contributed by atoms with Gasteiger partial charge in [0, 0.05) is 11.6 Å². The molecule has 2 heteroatoms. The van der Waals surface area contributed by atoms with Gasteiger partial charge in [0.1, 0.15) is 0 Å². The lowest BCUT2D eigenvalue weighted by Crippen LogP contribution is -1.71. The van der Waals surface area contributed by atoms with Crippen molar-refractivity contribution in [3.63, 3.8) is 0 Å². The first-order chi connectivity index (χ1) is 4.20. The number of hydrogen-bond donors (Lipinski definition) is 0. The van der Waals surface area contributed by atoms with Gasteiger partial charge in [-0.25, -0.2) is 0 Å². The van der Waals surface area contributed by atoms with E-state index in [1.165, 1.54) is 5.56 Å². The maximum Gasteiger partial charge on any atom is 0.0548 e. The van der Waals surface area contributed by atoms with E-state index < -0.39 is 0 Å². The lowest BCUT2D eigenvalue weighted by Gasteiger charge is -1.94. The van der Waals surface area contributed by atoms with Crippen molar-refractivity contribution in [2.24, 2.45) is 0 Å². The van der Waals surface area contributed by atoms with E-state index in [0.29, 0.717) is 0 Å². The molecule has 0 aliphatic heterocycles. The molecule has 0 N–H and O–H groups in total. The fourth-order valence-corrected chi connectivity index (χ4v) is 1.21. The maximum absolute atomic E-state index is 5.73. The van der Waals surface area contributed by atoms with Crippen molar-refractivity contribution in [3.05, 3.63) is 33.3 Å². The van der Waals surface area contributed by atoms with Gasteiger partial charge in [-0.05, 0) is 40.5 Å². The monoisotopic (exact) mass is 214 g/mol. The Morgan fingerprint density at radius 3 is 2.67 bits per heavy atom. The third kappa shape index (κ3) is 1.70. The highest BCUT2D eigenvalue weighted by molar-refractivity contribution is 9.10. The minimum Gasteiger partial charge on any atom is -0.0831 e. The van der Waals surface area contributed by atoms with Crippen LogP contribution in [0.1, 0.15) is 12.7 Å². The molecule has 1 rings (SSSR count). The van der Waals surface area contributed by atoms with Crippen molar-refractivity contribution in [1.29, 1.82) is 0 Å². The number of halogens is 2. The second-order valence-corrected chi connectivity index (χ2v) is 3.18. The number of benzene rings is 1. The van der Waals surface area contributed by atoms with Gasteiger partial charge in [0.15, 0.2) is 0 Å². The fourth-order valence-electron chi connectivity index (χ4n) is 0.601. The van der Waals surface area contributed by atoms with E-state index in [1.54, 1.807) is 0 Å². The Labute approximate surface area is 75.4 Å². The minimum atomic E-state index is 0. The summed E-state index contributed by atoms with van der Waals surface area (Å²) < 4.78 is 0.962. The third-order valence-corrected chi connectivity index (χ3v) is 2.29. The summed E-state index contributed by atoms with van der Waals surface area (Å²) in [5.41, 5.74) is 1.21. The number of rotatable bonds is 0. The Bertz CT molecular complexity index is 233. The van der Waals surface area contributed by atoms with Gasteiger partial charge in [0.05, 0.1) is 5.02 Å². The van der Waals surface area contributed by atoms with Crippen LogP contribution < -0.4 is 0 Å². The summed E-state index contributed by atoms with van der Waals surface area (Å²) in [6, 6.07) is 5.84. The highest BCUT2D eigenvalue weighted by atomic mass is 79.9. The molecule has 1 aromatic rings. The zero-order valence-electron chi connectivity index (χ0n) is 4.99. The van der Waals surface area contributed by atoms with Gasteiger partial charge in [-0.3, -0.25) is 0 Å². The molecule has 0 atom stereocenters. The SMILES string of the molecule is Cc1ccc(Cl)c(Br)c1.[HH].[HH].[HH].[HH].[HH]. The van der Waals surface area contributed by atoms with E-state index in [-0.39, 0.29) is 7.13 Å². The predicted molar refractivity (Wildman–Crippen MR) is 54.5 cm³/mol. The van der Waals surface area contributed by atoms with Crippen molar-refractivity contribution in [2.75, 3.05) is 0 Å². The van der Waals surface area contributed by atoms with Crippen LogP contribution in [-0.2, 0) is 0 Å². The summed E-state index contributed by atoms with van der Waals surface area (Å²) in [6.45, 7) is 2.03. The Morgan fingerprint density at radius 2 is 2.22 bits per heavy atom. The van der Waals surface area contributed by atoms with Crippen LogP contribution in [0.4, 0.5) is 0 Å². The second-order valence-electron chi connectivity index (χ2n) is 1.92. The third-order valence-electron chi connectivity index (χ3n) is 1.08. The van der Waals surface area contributed by atoms with Gasteiger partial charge >= 0.3 is 0 Å². The van der Waals surface area contributed by atoms with Crippen molar-refractivity contribution in [2.45, 2.75) is 6.92 Å². The maximum atomic E-state index is 5.73. The van der Waals surface area contributed by atoms with Gasteiger partial charge in [-0.1, -0.05) is 17.7 Å². The summed E-state index contributed by atoms with van der Waals surface area (Å²) >= 11 is 9.05. The van der Waals surface area contributed by atoms with Crippen LogP contribution in [0.25, 0.3) is 0 Å². The van der Waals surface area contributed by atoms with Gasteiger partial charge < -0.3 is 0 Å². The molecule has 58 valence electrons. The van der Waals surface area contributed by atoms with E-state index in [9.17, 15) is 0 Å². The van der Waals surface area contributed by atoms with E-state index in [1.807, 2.05) is 25.1 Å². The number of hydrogen-bond acceptors (Lipinski definition) is 0. The molecule has 0 amide bonds. The van der Waals surface area contributed by atoms with Crippen molar-refractivity contribution >= 4 is 27.5 Å². The molecule has 1 aromatic carbocycles. The molecular formula is C7H16BrCl. The first kappa shape index (κ1) is 7.10. The molecular weight excluding hydrogens is 199 g/mol. The summed E-state index contributed by atoms with van der Waals surface area (Å²) in [6.07, 6.45) is 0. The van der Waals surface area contributed by atoms with Crippen LogP contribution in [0.2, 0.25) is 5.02 Å². The summed E-state index contributed by atoms with van der Waals surface area (Å²) in [5.74, 6) is 0. The topological polar surface area (TPSA) is 0 Å². The smallest absolute Gasteiger partial charge is 0.0548 e. The Hall–Kier alpha value is -0.0100. The first-order valence-electron chi connectivity index (χ1n) is 2.62. The zero-order valence-corrected chi connectivity index (χ0v) is 7.33. The molecule has 0 bridgehead atoms. The minimum absolute atomic E-state index is 0. The van der Waals surface area contributed by atoms with Crippen LogP contribution >= 0.6 is 27.5 Å². The Balaban J connectivity index is -0.0000000540. The van der Waals surface area contributed by atoms with E-state index in [4.69, 9.17) is 11.6 Å². The molecule has 0 saturated heterocycles. The quantitative estimate of drug-likeness (QED) is 0.591. The van der Waals surface area contributed by atoms with Gasteiger partial charge in [-0.15, -0.1) is 0 Å². The standard InChI is InChI=1S/C7H6BrCl.5H2/c1-5-2-3-7(9)6(8)4-5;;;;;/h2-4H,1H3;5*1H. The van der Waals surface area contributed by atoms with Gasteiger partial charge in [0.25, 0.3) is 0 Å². The van der Waals surface area contributed by atoms with Gasteiger partial charge in [0.2, 0.25) is 0 Å². The van der Waals surface area contributed by atoms with Crippen molar-refractivity contribution < 1.29 is 7.13 Å². The largest absolute Gasteiger partial charge is 0.0831 e. The average molecular weight is 216 g/mol. The lowest BCUT2D eigenvalue weighted by molar-refractivity contribution is 1.45. The van der Waals surface area contributed by atoms with Crippen molar-refractivity contribution in [1.82, 2.24) is 0 Å². The molecule has 0 heterocycles. The molecule has 0 spiro atoms. The normalized spacial score (nSPS) is 9.67. The highest BCUT2D eigenvalue weighted by Crippen LogP contribution is 2.22. The molecule has 0 nitrogen and oxygen atoms in total. The highest BCUT2D eigenvalue weighted by Gasteiger charge is 1.93. The van der Waals surface area contributed by atoms with E-state index >= 15 is 0 Å². The van der Waals surface area contributed by atoms with Crippen LogP contribution in [0.3, 0.4) is 0 Å². The molecule has 0 unspecified atom stereocenters. The average Bonchev–Trinajstić information content (AvgIpc) is 1.80. The van der Waals surface area contributed by atoms with Crippen LogP contribution in [0.15, 0.2) is 22.7 Å². The number of aryl methyl sites for hydroxylation is 1. The van der Waals surface area contributed by atoms with Crippen LogP contribution in [0, 0.1) is 6.92 Å². The summed E-state index contributed by atoms with van der Waals surface area (Å²) in [5, 5.41) is 0.764. The fraction of sp³-hybridized carbons (Fsp3) is 0.143. The molecule has 9 heavy (non-hydrogen) atoms. The molecule has 0 aliphatic rings. The van der Waals surface area contributed by atoms with Crippen LogP contribution in [-0.4, -0.2) is 0 Å². The van der Waals surface area contributed by atoms with Gasteiger partial charge in [-0.2, -0.15) is 0 Å². The molecule has 0 saturated carbocycles. The Kier molecular flexibility index (Phi) is 2.14. The summed E-state index contributed by atoms with van der Waals surface area (Å²) in [4.78, 5) is 0. The molecule has 0 aromatic heterocycles. The Morgan fingerprint density at radius 1 is 1.56 bits per heavy atom. The lowest BCUT2D eigenvalue weighted by atomic mass is 10.2. The zero-order chi connectivity index (χ0) is 6.85. The van der Waals surface area contributed by atoms with Crippen LogP contribution in [0.5, 0.6) is 0 Å². The molecule has 0 radical (unpaired) electrons. The summed E-state index contributed by atoms with van der Waals surface area (Å²) in [7, 11) is 0. The molecule has 0 fully saturated rings.